The van der Waals surface area contributed by atoms with Crippen LogP contribution in [0.3, 0.4) is 0 Å². The van der Waals surface area contributed by atoms with Gasteiger partial charge in [-0.15, -0.1) is 0 Å². The molecule has 0 unspecified atom stereocenters. The number of anilines is 3. The van der Waals surface area contributed by atoms with Crippen LogP contribution in [0.25, 0.3) is 11.3 Å². The molecule has 1 aliphatic rings. The van der Waals surface area contributed by atoms with E-state index in [9.17, 15) is 0 Å². The molecule has 1 aliphatic carbocycles. The number of nitrogens with one attached hydrogen (secondary N) is 2. The Kier molecular flexibility index (Phi) is 4.17. The summed E-state index contributed by atoms with van der Waals surface area (Å²) < 4.78 is 1.05. The van der Waals surface area contributed by atoms with Crippen LogP contribution in [0.1, 0.15) is 12.8 Å². The smallest absolute Gasteiger partial charge is 0.225 e. The number of benzene rings is 2. The number of halogens is 1. The summed E-state index contributed by atoms with van der Waals surface area (Å²) >= 11 is 3.46. The first-order valence-electron chi connectivity index (χ1n) is 8.00. The summed E-state index contributed by atoms with van der Waals surface area (Å²) in [5, 5.41) is 6.75. The molecule has 0 bridgehead atoms. The monoisotopic (exact) mass is 380 g/mol. The highest BCUT2D eigenvalue weighted by molar-refractivity contribution is 9.10. The zero-order valence-electron chi connectivity index (χ0n) is 13.0. The first kappa shape index (κ1) is 15.1. The van der Waals surface area contributed by atoms with E-state index < -0.39 is 0 Å². The van der Waals surface area contributed by atoms with Crippen LogP contribution in [-0.2, 0) is 0 Å². The van der Waals surface area contributed by atoms with E-state index in [1.807, 2.05) is 48.5 Å². The fraction of sp³-hybridized carbons (Fsp3) is 0.158. The zero-order chi connectivity index (χ0) is 16.4. The number of nitrogens with zero attached hydrogens (tertiary/aromatic N) is 2. The topological polar surface area (TPSA) is 49.8 Å². The van der Waals surface area contributed by atoms with E-state index in [0.717, 1.165) is 27.2 Å². The summed E-state index contributed by atoms with van der Waals surface area (Å²) in [7, 11) is 0. The second-order valence-electron chi connectivity index (χ2n) is 5.88. The first-order chi connectivity index (χ1) is 11.8. The molecule has 1 aromatic heterocycles. The lowest BCUT2D eigenvalue weighted by atomic mass is 10.1. The molecule has 5 heteroatoms. The third-order valence-electron chi connectivity index (χ3n) is 3.82. The molecule has 1 saturated carbocycles. The predicted octanol–water partition coefficient (Wildman–Crippen LogP) is 5.22. The van der Waals surface area contributed by atoms with Crippen LogP contribution in [-0.4, -0.2) is 16.0 Å². The molecule has 4 rings (SSSR count). The Morgan fingerprint density at radius 3 is 2.38 bits per heavy atom. The molecule has 0 radical (unpaired) electrons. The molecule has 0 aliphatic heterocycles. The largest absolute Gasteiger partial charge is 0.351 e. The second kappa shape index (κ2) is 6.61. The second-order valence-corrected chi connectivity index (χ2v) is 6.79. The van der Waals surface area contributed by atoms with Crippen molar-refractivity contribution in [2.75, 3.05) is 10.6 Å². The van der Waals surface area contributed by atoms with Crippen LogP contribution >= 0.6 is 15.9 Å². The highest BCUT2D eigenvalue weighted by Gasteiger charge is 2.22. The van der Waals surface area contributed by atoms with Crippen molar-refractivity contribution < 1.29 is 0 Å². The van der Waals surface area contributed by atoms with Gasteiger partial charge in [0, 0.05) is 27.8 Å². The van der Waals surface area contributed by atoms with Gasteiger partial charge in [-0.25, -0.2) is 4.98 Å². The van der Waals surface area contributed by atoms with Gasteiger partial charge in [0.15, 0.2) is 0 Å². The Hall–Kier alpha value is -2.40. The molecule has 0 amide bonds. The molecule has 2 N–H and O–H groups in total. The summed E-state index contributed by atoms with van der Waals surface area (Å²) in [5.41, 5.74) is 2.99. The summed E-state index contributed by atoms with van der Waals surface area (Å²) in [4.78, 5) is 9.28. The zero-order valence-corrected chi connectivity index (χ0v) is 14.6. The summed E-state index contributed by atoms with van der Waals surface area (Å²) in [6.45, 7) is 0. The molecular weight excluding hydrogens is 364 g/mol. The van der Waals surface area contributed by atoms with Crippen molar-refractivity contribution in [3.8, 4) is 11.3 Å². The lowest BCUT2D eigenvalue weighted by molar-refractivity contribution is 1.06. The van der Waals surface area contributed by atoms with Crippen molar-refractivity contribution in [2.24, 2.45) is 0 Å². The summed E-state index contributed by atoms with van der Waals surface area (Å²) in [5.74, 6) is 1.47. The summed E-state index contributed by atoms with van der Waals surface area (Å²) in [6, 6.07) is 20.7. The van der Waals surface area contributed by atoms with Gasteiger partial charge in [0.1, 0.15) is 5.82 Å². The van der Waals surface area contributed by atoms with Crippen LogP contribution in [0.4, 0.5) is 17.5 Å². The Morgan fingerprint density at radius 2 is 1.67 bits per heavy atom. The molecule has 4 nitrogen and oxygen atoms in total. The third kappa shape index (κ3) is 3.74. The Morgan fingerprint density at radius 1 is 0.917 bits per heavy atom. The average molecular weight is 381 g/mol. The van der Waals surface area contributed by atoms with Crippen molar-refractivity contribution in [3.63, 3.8) is 0 Å². The number of hydrogen-bond donors (Lipinski definition) is 2. The van der Waals surface area contributed by atoms with E-state index in [1.54, 1.807) is 0 Å². The van der Waals surface area contributed by atoms with E-state index in [1.165, 1.54) is 12.8 Å². The standard InChI is InChI=1S/C19H17BrN4/c20-14-6-8-15(9-7-14)21-18-12-17(13-4-2-1-3-5-13)23-19(24-18)22-16-10-11-16/h1-9,12,16H,10-11H2,(H2,21,22,23,24). The lowest BCUT2D eigenvalue weighted by Gasteiger charge is -2.11. The van der Waals surface area contributed by atoms with Crippen LogP contribution in [0, 0.1) is 0 Å². The minimum atomic E-state index is 0.511. The van der Waals surface area contributed by atoms with Crippen molar-refractivity contribution in [1.82, 2.24) is 9.97 Å². The molecule has 2 aromatic carbocycles. The van der Waals surface area contributed by atoms with Crippen molar-refractivity contribution in [2.45, 2.75) is 18.9 Å². The molecule has 0 spiro atoms. The third-order valence-corrected chi connectivity index (χ3v) is 4.35. The van der Waals surface area contributed by atoms with Gasteiger partial charge < -0.3 is 10.6 Å². The quantitative estimate of drug-likeness (QED) is 0.636. The van der Waals surface area contributed by atoms with Gasteiger partial charge >= 0.3 is 0 Å². The number of rotatable bonds is 5. The molecule has 3 aromatic rings. The van der Waals surface area contributed by atoms with Gasteiger partial charge in [0.05, 0.1) is 5.69 Å². The summed E-state index contributed by atoms with van der Waals surface area (Å²) in [6.07, 6.45) is 2.38. The maximum atomic E-state index is 4.67. The van der Waals surface area contributed by atoms with Crippen molar-refractivity contribution in [3.05, 3.63) is 65.1 Å². The molecule has 1 heterocycles. The molecular formula is C19H17BrN4. The van der Waals surface area contributed by atoms with Gasteiger partial charge in [-0.05, 0) is 37.1 Å². The van der Waals surface area contributed by atoms with E-state index in [-0.39, 0.29) is 0 Å². The minimum absolute atomic E-state index is 0.511. The van der Waals surface area contributed by atoms with Crippen LogP contribution in [0.5, 0.6) is 0 Å². The Bertz CT molecular complexity index is 830. The number of aromatic nitrogens is 2. The fourth-order valence-corrected chi connectivity index (χ4v) is 2.69. The minimum Gasteiger partial charge on any atom is -0.351 e. The van der Waals surface area contributed by atoms with E-state index in [0.29, 0.717) is 12.0 Å². The van der Waals surface area contributed by atoms with Crippen molar-refractivity contribution >= 4 is 33.4 Å². The highest BCUT2D eigenvalue weighted by Crippen LogP contribution is 2.27. The van der Waals surface area contributed by atoms with Crippen LogP contribution < -0.4 is 10.6 Å². The van der Waals surface area contributed by atoms with Crippen LogP contribution in [0.15, 0.2) is 65.1 Å². The van der Waals surface area contributed by atoms with Gasteiger partial charge in [-0.1, -0.05) is 46.3 Å². The fourth-order valence-electron chi connectivity index (χ4n) is 2.42. The van der Waals surface area contributed by atoms with Crippen molar-refractivity contribution in [1.29, 1.82) is 0 Å². The maximum Gasteiger partial charge on any atom is 0.225 e. The molecule has 120 valence electrons. The van der Waals surface area contributed by atoms with Gasteiger partial charge in [-0.3, -0.25) is 0 Å². The molecule has 1 fully saturated rings. The first-order valence-corrected chi connectivity index (χ1v) is 8.79. The normalized spacial score (nSPS) is 13.5. The Balaban J connectivity index is 1.67. The van der Waals surface area contributed by atoms with E-state index >= 15 is 0 Å². The van der Waals surface area contributed by atoms with E-state index in [4.69, 9.17) is 0 Å². The highest BCUT2D eigenvalue weighted by atomic mass is 79.9. The SMILES string of the molecule is Brc1ccc(Nc2cc(-c3ccccc3)nc(NC3CC3)n2)cc1. The lowest BCUT2D eigenvalue weighted by Crippen LogP contribution is -2.07. The number of hydrogen-bond acceptors (Lipinski definition) is 4. The molecule has 0 atom stereocenters. The average Bonchev–Trinajstić information content (AvgIpc) is 3.42. The van der Waals surface area contributed by atoms with Gasteiger partial charge in [-0.2, -0.15) is 4.98 Å². The Labute approximate surface area is 149 Å². The molecule has 24 heavy (non-hydrogen) atoms. The predicted molar refractivity (Wildman–Crippen MR) is 102 cm³/mol. The maximum absolute atomic E-state index is 4.67. The van der Waals surface area contributed by atoms with Gasteiger partial charge in [0.2, 0.25) is 5.95 Å². The van der Waals surface area contributed by atoms with Crippen LogP contribution in [0.2, 0.25) is 0 Å². The van der Waals surface area contributed by atoms with Gasteiger partial charge in [0.25, 0.3) is 0 Å². The molecule has 0 saturated heterocycles. The van der Waals surface area contributed by atoms with E-state index in [2.05, 4.69) is 48.7 Å².